The van der Waals surface area contributed by atoms with E-state index in [-0.39, 0.29) is 5.70 Å². The van der Waals surface area contributed by atoms with Crippen molar-refractivity contribution in [3.05, 3.63) is 98.7 Å². The number of aryl methyl sites for hydroxylation is 3. The van der Waals surface area contributed by atoms with Gasteiger partial charge in [-0.1, -0.05) is 59.1 Å². The average Bonchev–Trinajstić information content (AvgIpc) is 2.94. The van der Waals surface area contributed by atoms with Crippen LogP contribution in [-0.2, 0) is 9.59 Å². The number of halogens is 2. The van der Waals surface area contributed by atoms with Crippen molar-refractivity contribution in [3.8, 4) is 0 Å². The molecular formula is C25H20Cl2N2O2. The summed E-state index contributed by atoms with van der Waals surface area (Å²) in [4.78, 5) is 28.2. The number of amides is 2. The molecule has 1 aliphatic rings. The number of rotatable bonds is 4. The predicted molar refractivity (Wildman–Crippen MR) is 127 cm³/mol. The van der Waals surface area contributed by atoms with E-state index in [9.17, 15) is 9.59 Å². The van der Waals surface area contributed by atoms with Gasteiger partial charge in [0.25, 0.3) is 11.8 Å². The van der Waals surface area contributed by atoms with Gasteiger partial charge in [-0.2, -0.15) is 0 Å². The molecule has 0 spiro atoms. The zero-order chi connectivity index (χ0) is 22.3. The summed E-state index contributed by atoms with van der Waals surface area (Å²) in [6.07, 6.45) is 0. The van der Waals surface area contributed by atoms with Gasteiger partial charge in [0.05, 0.1) is 16.3 Å². The van der Waals surface area contributed by atoms with E-state index in [1.54, 1.807) is 42.5 Å². The van der Waals surface area contributed by atoms with Crippen molar-refractivity contribution < 1.29 is 9.59 Å². The second-order valence-corrected chi connectivity index (χ2v) is 8.39. The lowest BCUT2D eigenvalue weighted by Crippen LogP contribution is -2.32. The lowest BCUT2D eigenvalue weighted by Gasteiger charge is -2.17. The number of hydrogen-bond acceptors (Lipinski definition) is 3. The molecule has 0 aromatic heterocycles. The summed E-state index contributed by atoms with van der Waals surface area (Å²) >= 11 is 12.4. The fourth-order valence-electron chi connectivity index (χ4n) is 3.74. The maximum Gasteiger partial charge on any atom is 0.282 e. The van der Waals surface area contributed by atoms with Gasteiger partial charge >= 0.3 is 0 Å². The first kappa shape index (κ1) is 21.2. The molecule has 0 radical (unpaired) electrons. The molecule has 1 N–H and O–H groups in total. The maximum absolute atomic E-state index is 13.6. The van der Waals surface area contributed by atoms with Crippen molar-refractivity contribution in [1.29, 1.82) is 0 Å². The van der Waals surface area contributed by atoms with E-state index in [1.807, 2.05) is 39.0 Å². The van der Waals surface area contributed by atoms with Crippen molar-refractivity contribution in [2.45, 2.75) is 20.8 Å². The zero-order valence-electron chi connectivity index (χ0n) is 17.3. The van der Waals surface area contributed by atoms with Crippen molar-refractivity contribution in [2.75, 3.05) is 10.2 Å². The third kappa shape index (κ3) is 3.85. The van der Waals surface area contributed by atoms with Crippen LogP contribution in [0.2, 0.25) is 10.0 Å². The van der Waals surface area contributed by atoms with Gasteiger partial charge < -0.3 is 5.32 Å². The van der Waals surface area contributed by atoms with Crippen LogP contribution in [0.3, 0.4) is 0 Å². The van der Waals surface area contributed by atoms with Gasteiger partial charge in [0.1, 0.15) is 5.70 Å². The molecule has 0 unspecified atom stereocenters. The van der Waals surface area contributed by atoms with E-state index in [1.165, 1.54) is 0 Å². The summed E-state index contributed by atoms with van der Waals surface area (Å²) in [5, 5.41) is 4.11. The Labute approximate surface area is 191 Å². The van der Waals surface area contributed by atoms with Crippen molar-refractivity contribution in [2.24, 2.45) is 0 Å². The fraction of sp³-hybridized carbons (Fsp3) is 0.120. The number of carbonyl (C=O) groups excluding carboxylic acids is 2. The molecule has 2 amide bonds. The minimum Gasteiger partial charge on any atom is -0.350 e. The summed E-state index contributed by atoms with van der Waals surface area (Å²) in [5.41, 5.74) is 5.12. The SMILES string of the molecule is Cc1ccc(C2=C(Nc3ccc(Cl)cc3C)C(=O)N(c3ccccc3Cl)C2=O)c(C)c1. The third-order valence-electron chi connectivity index (χ3n) is 5.28. The molecule has 0 atom stereocenters. The number of anilines is 2. The molecule has 156 valence electrons. The Morgan fingerprint density at radius 3 is 2.23 bits per heavy atom. The molecule has 6 heteroatoms. The topological polar surface area (TPSA) is 49.4 Å². The van der Waals surface area contributed by atoms with Gasteiger partial charge in [-0.05, 0) is 67.8 Å². The first-order chi connectivity index (χ1) is 14.8. The summed E-state index contributed by atoms with van der Waals surface area (Å²) in [6.45, 7) is 5.80. The second kappa shape index (κ2) is 8.22. The number of benzene rings is 3. The predicted octanol–water partition coefficient (Wildman–Crippen LogP) is 6.32. The first-order valence-corrected chi connectivity index (χ1v) is 10.5. The highest BCUT2D eigenvalue weighted by atomic mass is 35.5. The van der Waals surface area contributed by atoms with Crippen molar-refractivity contribution >= 4 is 52.0 Å². The molecule has 0 fully saturated rings. The van der Waals surface area contributed by atoms with Crippen LogP contribution in [0.25, 0.3) is 5.57 Å². The van der Waals surface area contributed by atoms with Gasteiger partial charge in [-0.15, -0.1) is 0 Å². The van der Waals surface area contributed by atoms with Crippen LogP contribution in [0.1, 0.15) is 22.3 Å². The highest BCUT2D eigenvalue weighted by molar-refractivity contribution is 6.48. The lowest BCUT2D eigenvalue weighted by molar-refractivity contribution is -0.120. The van der Waals surface area contributed by atoms with Crippen LogP contribution in [0.15, 0.2) is 66.4 Å². The van der Waals surface area contributed by atoms with Gasteiger partial charge in [-0.25, -0.2) is 4.90 Å². The standard InChI is InChI=1S/C25H20Cl2N2O2/c1-14-8-10-18(15(2)12-14)22-23(28-20-11-9-17(26)13-16(20)3)25(31)29(24(22)30)21-7-5-4-6-19(21)27/h4-13,28H,1-3H3. The van der Waals surface area contributed by atoms with Crippen LogP contribution >= 0.6 is 23.2 Å². The first-order valence-electron chi connectivity index (χ1n) is 9.76. The Morgan fingerprint density at radius 1 is 0.806 bits per heavy atom. The summed E-state index contributed by atoms with van der Waals surface area (Å²) in [5.74, 6) is -0.874. The van der Waals surface area contributed by atoms with Gasteiger partial charge in [0.2, 0.25) is 0 Å². The Balaban J connectivity index is 1.89. The summed E-state index contributed by atoms with van der Waals surface area (Å²) < 4.78 is 0. The molecule has 0 aliphatic carbocycles. The maximum atomic E-state index is 13.6. The van der Waals surface area contributed by atoms with Gasteiger partial charge in [0.15, 0.2) is 0 Å². The van der Waals surface area contributed by atoms with E-state index < -0.39 is 11.8 Å². The Bertz CT molecular complexity index is 1260. The Hall–Kier alpha value is -3.08. The molecule has 4 rings (SSSR count). The minimum absolute atomic E-state index is 0.210. The van der Waals surface area contributed by atoms with E-state index in [2.05, 4.69) is 5.32 Å². The number of imide groups is 1. The van der Waals surface area contributed by atoms with E-state index in [0.717, 1.165) is 21.6 Å². The smallest absolute Gasteiger partial charge is 0.282 e. The van der Waals surface area contributed by atoms with Gasteiger partial charge in [0, 0.05) is 10.7 Å². The quantitative estimate of drug-likeness (QED) is 0.473. The summed E-state index contributed by atoms with van der Waals surface area (Å²) in [7, 11) is 0. The van der Waals surface area contributed by atoms with Gasteiger partial charge in [-0.3, -0.25) is 9.59 Å². The number of hydrogen-bond donors (Lipinski definition) is 1. The molecule has 1 aliphatic heterocycles. The number of para-hydroxylation sites is 1. The van der Waals surface area contributed by atoms with E-state index in [0.29, 0.717) is 32.6 Å². The normalized spacial score (nSPS) is 13.9. The monoisotopic (exact) mass is 450 g/mol. The average molecular weight is 451 g/mol. The summed E-state index contributed by atoms with van der Waals surface area (Å²) in [6, 6.07) is 17.9. The Morgan fingerprint density at radius 2 is 1.55 bits per heavy atom. The lowest BCUT2D eigenvalue weighted by atomic mass is 9.97. The van der Waals surface area contributed by atoms with Crippen molar-refractivity contribution in [1.82, 2.24) is 0 Å². The van der Waals surface area contributed by atoms with Crippen LogP contribution in [0.4, 0.5) is 11.4 Å². The molecule has 4 nitrogen and oxygen atoms in total. The molecular weight excluding hydrogens is 431 g/mol. The van der Waals surface area contributed by atoms with Crippen molar-refractivity contribution in [3.63, 3.8) is 0 Å². The van der Waals surface area contributed by atoms with Crippen LogP contribution < -0.4 is 10.2 Å². The molecule has 0 saturated heterocycles. The van der Waals surface area contributed by atoms with E-state index in [4.69, 9.17) is 23.2 Å². The fourth-order valence-corrected chi connectivity index (χ4v) is 4.19. The molecule has 3 aromatic carbocycles. The molecule has 0 saturated carbocycles. The number of nitrogens with zero attached hydrogens (tertiary/aromatic N) is 1. The number of carbonyl (C=O) groups is 2. The molecule has 31 heavy (non-hydrogen) atoms. The largest absolute Gasteiger partial charge is 0.350 e. The number of nitrogens with one attached hydrogen (secondary N) is 1. The van der Waals surface area contributed by atoms with Crippen LogP contribution in [0.5, 0.6) is 0 Å². The zero-order valence-corrected chi connectivity index (χ0v) is 18.8. The molecule has 1 heterocycles. The Kier molecular flexibility index (Phi) is 5.61. The highest BCUT2D eigenvalue weighted by Gasteiger charge is 2.41. The van der Waals surface area contributed by atoms with Crippen LogP contribution in [0, 0.1) is 20.8 Å². The van der Waals surface area contributed by atoms with E-state index >= 15 is 0 Å². The second-order valence-electron chi connectivity index (χ2n) is 7.55. The third-order valence-corrected chi connectivity index (χ3v) is 5.83. The highest BCUT2D eigenvalue weighted by Crippen LogP contribution is 2.38. The molecule has 0 bridgehead atoms. The minimum atomic E-state index is -0.456. The van der Waals surface area contributed by atoms with Crippen LogP contribution in [-0.4, -0.2) is 11.8 Å². The molecule has 3 aromatic rings.